The number of ether oxygens (including phenoxy) is 2. The molecule has 1 unspecified atom stereocenters. The van der Waals surface area contributed by atoms with Crippen molar-refractivity contribution in [2.24, 2.45) is 0 Å². The zero-order chi connectivity index (χ0) is 19.8. The molecule has 0 heterocycles. The largest absolute Gasteiger partial charge is 0.437 e. The molecule has 0 aromatic heterocycles. The Morgan fingerprint density at radius 2 is 1.16 bits per heavy atom. The van der Waals surface area contributed by atoms with E-state index in [1.807, 2.05) is 0 Å². The van der Waals surface area contributed by atoms with Crippen molar-refractivity contribution in [3.63, 3.8) is 0 Å². The molecule has 1 atom stereocenters. The van der Waals surface area contributed by atoms with E-state index in [0.717, 1.165) is 25.5 Å². The SMILES string of the molecule is COCCOCCCC[Si](C)(O[Si](C)(C)C)O[Si](C)(C)O[Si](C)(C)C. The topological polar surface area (TPSA) is 46.2 Å². The molecule has 0 bridgehead atoms. The van der Waals surface area contributed by atoms with E-state index in [9.17, 15) is 0 Å². The van der Waals surface area contributed by atoms with Gasteiger partial charge in [0.25, 0.3) is 0 Å². The van der Waals surface area contributed by atoms with Crippen molar-refractivity contribution in [3.8, 4) is 0 Å². The third-order valence-electron chi connectivity index (χ3n) is 3.14. The van der Waals surface area contributed by atoms with Crippen LogP contribution in [0.15, 0.2) is 0 Å². The minimum Gasteiger partial charge on any atom is -0.437 e. The van der Waals surface area contributed by atoms with Gasteiger partial charge in [0.2, 0.25) is 0 Å². The molecule has 5 nitrogen and oxygen atoms in total. The Balaban J connectivity index is 4.68. The van der Waals surface area contributed by atoms with Crippen LogP contribution in [-0.2, 0) is 21.8 Å². The van der Waals surface area contributed by atoms with Crippen LogP contribution in [0.1, 0.15) is 12.8 Å². The normalized spacial score (nSPS) is 16.1. The molecule has 0 rings (SSSR count). The molecule has 0 fully saturated rings. The maximum absolute atomic E-state index is 6.66. The summed E-state index contributed by atoms with van der Waals surface area (Å²) in [6, 6.07) is 0.996. The summed E-state index contributed by atoms with van der Waals surface area (Å²) in [4.78, 5) is 0. The average molecular weight is 427 g/mol. The maximum Gasteiger partial charge on any atom is 0.315 e. The number of methoxy groups -OCH3 is 1. The summed E-state index contributed by atoms with van der Waals surface area (Å²) in [7, 11) is -6.04. The Morgan fingerprint density at radius 3 is 1.64 bits per heavy atom. The third kappa shape index (κ3) is 15.4. The molecular weight excluding hydrogens is 385 g/mol. The van der Waals surface area contributed by atoms with Gasteiger partial charge < -0.3 is 21.8 Å². The molecule has 152 valence electrons. The fourth-order valence-corrected chi connectivity index (χ4v) is 21.0. The standard InChI is InChI=1S/C16H42O5Si4/c1-17-14-15-18-13-11-12-16-25(10,20-23(5,6)7)21-24(8,9)19-22(2,3)4/h11-16H2,1-10H3. The molecular formula is C16H42O5Si4. The number of unbranched alkanes of at least 4 members (excludes halogenated alkanes) is 1. The molecule has 0 aromatic rings. The molecule has 0 aliphatic carbocycles. The van der Waals surface area contributed by atoms with E-state index in [0.29, 0.717) is 13.2 Å². The Morgan fingerprint density at radius 1 is 0.600 bits per heavy atom. The number of hydrogen-bond donors (Lipinski definition) is 0. The van der Waals surface area contributed by atoms with Crippen LogP contribution in [-0.4, -0.2) is 60.7 Å². The predicted molar refractivity (Wildman–Crippen MR) is 116 cm³/mol. The van der Waals surface area contributed by atoms with Gasteiger partial charge in [-0.15, -0.1) is 0 Å². The van der Waals surface area contributed by atoms with Gasteiger partial charge in [0.05, 0.1) is 13.2 Å². The Hall–Kier alpha value is 0.668. The minimum atomic E-state index is -2.25. The van der Waals surface area contributed by atoms with Crippen LogP contribution in [0.5, 0.6) is 0 Å². The summed E-state index contributed by atoms with van der Waals surface area (Å²) in [5.74, 6) is 0. The van der Waals surface area contributed by atoms with Crippen molar-refractivity contribution in [3.05, 3.63) is 0 Å². The van der Waals surface area contributed by atoms with Crippen LogP contribution < -0.4 is 0 Å². The monoisotopic (exact) mass is 426 g/mol. The van der Waals surface area contributed by atoms with Crippen LogP contribution in [0.25, 0.3) is 0 Å². The van der Waals surface area contributed by atoms with Gasteiger partial charge in [0, 0.05) is 13.7 Å². The smallest absolute Gasteiger partial charge is 0.315 e. The van der Waals surface area contributed by atoms with Crippen molar-refractivity contribution < 1.29 is 21.8 Å². The lowest BCUT2D eigenvalue weighted by Gasteiger charge is -2.41. The van der Waals surface area contributed by atoms with Crippen LogP contribution in [0, 0.1) is 0 Å². The van der Waals surface area contributed by atoms with Crippen LogP contribution >= 0.6 is 0 Å². The summed E-state index contributed by atoms with van der Waals surface area (Å²) < 4.78 is 30.2. The second kappa shape index (κ2) is 10.9. The highest BCUT2D eigenvalue weighted by Crippen LogP contribution is 2.28. The summed E-state index contributed by atoms with van der Waals surface area (Å²) in [6.07, 6.45) is 2.10. The molecule has 0 spiro atoms. The highest BCUT2D eigenvalue weighted by atomic mass is 28.5. The summed E-state index contributed by atoms with van der Waals surface area (Å²) in [5, 5.41) is 0. The molecule has 0 aliphatic heterocycles. The lowest BCUT2D eigenvalue weighted by molar-refractivity contribution is 0.0690. The van der Waals surface area contributed by atoms with E-state index in [-0.39, 0.29) is 0 Å². The summed E-state index contributed by atoms with van der Waals surface area (Å²) in [5.41, 5.74) is 0. The first-order valence-corrected chi connectivity index (χ1v) is 21.5. The first kappa shape index (κ1) is 25.7. The van der Waals surface area contributed by atoms with E-state index >= 15 is 0 Å². The highest BCUT2D eigenvalue weighted by molar-refractivity contribution is 6.89. The minimum absolute atomic E-state index is 0.655. The van der Waals surface area contributed by atoms with Gasteiger partial charge >= 0.3 is 17.1 Å². The molecule has 0 radical (unpaired) electrons. The van der Waals surface area contributed by atoms with Crippen molar-refractivity contribution in [1.82, 2.24) is 0 Å². The first-order chi connectivity index (χ1) is 11.2. The lowest BCUT2D eigenvalue weighted by atomic mass is 10.4. The fraction of sp³-hybridized carbons (Fsp3) is 1.00. The zero-order valence-electron chi connectivity index (χ0n) is 18.3. The van der Waals surface area contributed by atoms with E-state index < -0.39 is 33.8 Å². The molecule has 0 aromatic carbocycles. The van der Waals surface area contributed by atoms with Gasteiger partial charge in [0.15, 0.2) is 16.6 Å². The Kier molecular flexibility index (Phi) is 11.2. The van der Waals surface area contributed by atoms with Crippen LogP contribution in [0.4, 0.5) is 0 Å². The third-order valence-corrected chi connectivity index (χ3v) is 16.7. The van der Waals surface area contributed by atoms with E-state index in [4.69, 9.17) is 21.8 Å². The van der Waals surface area contributed by atoms with Gasteiger partial charge in [-0.2, -0.15) is 0 Å². The molecule has 25 heavy (non-hydrogen) atoms. The second-order valence-electron chi connectivity index (χ2n) is 9.13. The molecule has 0 saturated carbocycles. The molecule has 0 amide bonds. The van der Waals surface area contributed by atoms with Gasteiger partial charge in [-0.1, -0.05) is 0 Å². The predicted octanol–water partition coefficient (Wildman–Crippen LogP) is 4.92. The zero-order valence-corrected chi connectivity index (χ0v) is 22.3. The van der Waals surface area contributed by atoms with Crippen LogP contribution in [0.3, 0.4) is 0 Å². The second-order valence-corrected chi connectivity index (χ2v) is 25.6. The molecule has 0 saturated heterocycles. The summed E-state index contributed by atoms with van der Waals surface area (Å²) >= 11 is 0. The number of hydrogen-bond acceptors (Lipinski definition) is 5. The highest BCUT2D eigenvalue weighted by Gasteiger charge is 2.44. The molecule has 9 heteroatoms. The average Bonchev–Trinajstić information content (AvgIpc) is 2.31. The van der Waals surface area contributed by atoms with E-state index in [1.54, 1.807) is 7.11 Å². The maximum atomic E-state index is 6.66. The fourth-order valence-electron chi connectivity index (χ4n) is 2.94. The lowest BCUT2D eigenvalue weighted by Crippen LogP contribution is -2.56. The molecule has 0 N–H and O–H groups in total. The van der Waals surface area contributed by atoms with Crippen molar-refractivity contribution in [2.45, 2.75) is 77.8 Å². The Labute approximate surface area is 160 Å². The molecule has 0 aliphatic rings. The van der Waals surface area contributed by atoms with Crippen molar-refractivity contribution in [1.29, 1.82) is 0 Å². The number of rotatable bonds is 14. The summed E-state index contributed by atoms with van der Waals surface area (Å²) in [6.45, 7) is 22.0. The van der Waals surface area contributed by atoms with Crippen molar-refractivity contribution in [2.75, 3.05) is 26.9 Å². The van der Waals surface area contributed by atoms with Gasteiger partial charge in [-0.3, -0.25) is 0 Å². The van der Waals surface area contributed by atoms with Gasteiger partial charge in [-0.25, -0.2) is 0 Å². The van der Waals surface area contributed by atoms with Crippen molar-refractivity contribution >= 4 is 33.8 Å². The van der Waals surface area contributed by atoms with Gasteiger partial charge in [-0.05, 0) is 77.8 Å². The first-order valence-electron chi connectivity index (χ1n) is 9.35. The van der Waals surface area contributed by atoms with E-state index in [1.165, 1.54) is 0 Å². The van der Waals surface area contributed by atoms with Gasteiger partial charge in [0.1, 0.15) is 0 Å². The Bertz CT molecular complexity index is 369. The van der Waals surface area contributed by atoms with Crippen LogP contribution in [0.2, 0.25) is 65.0 Å². The quantitative estimate of drug-likeness (QED) is 0.291. The van der Waals surface area contributed by atoms with E-state index in [2.05, 4.69) is 58.9 Å².